The Morgan fingerprint density at radius 3 is 2.69 bits per heavy atom. The van der Waals surface area contributed by atoms with Crippen LogP contribution >= 0.6 is 0 Å². The number of benzene rings is 1. The van der Waals surface area contributed by atoms with Gasteiger partial charge in [-0.1, -0.05) is 18.2 Å². The Kier molecular flexibility index (Phi) is 3.84. The second-order valence-corrected chi connectivity index (χ2v) is 7.18. The van der Waals surface area contributed by atoms with E-state index < -0.39 is 5.60 Å². The van der Waals surface area contributed by atoms with Crippen molar-refractivity contribution in [3.63, 3.8) is 0 Å². The highest BCUT2D eigenvalue weighted by molar-refractivity contribution is 5.97. The van der Waals surface area contributed by atoms with Gasteiger partial charge in [0.05, 0.1) is 18.6 Å². The number of amides is 2. The summed E-state index contributed by atoms with van der Waals surface area (Å²) in [4.78, 5) is 40.6. The molecule has 4 rings (SSSR count). The number of hydrogen-bond acceptors (Lipinski definition) is 4. The van der Waals surface area contributed by atoms with Gasteiger partial charge in [0.1, 0.15) is 17.8 Å². The number of hydrogen-bond donors (Lipinski definition) is 0. The van der Waals surface area contributed by atoms with Crippen molar-refractivity contribution in [2.45, 2.75) is 12.0 Å². The molecule has 0 aliphatic carbocycles. The SMILES string of the molecule is CN1CC2(CCN(C(=O)c3cc4ccccc4n(C)c3=O)C2)OCC1=O. The highest BCUT2D eigenvalue weighted by Gasteiger charge is 2.45. The van der Waals surface area contributed by atoms with Gasteiger partial charge in [-0.2, -0.15) is 0 Å². The number of fused-ring (bicyclic) bond motifs is 1. The summed E-state index contributed by atoms with van der Waals surface area (Å²) >= 11 is 0. The molecule has 2 fully saturated rings. The summed E-state index contributed by atoms with van der Waals surface area (Å²) in [6, 6.07) is 9.17. The van der Waals surface area contributed by atoms with Crippen LogP contribution in [0.15, 0.2) is 35.1 Å². The third-order valence-electron chi connectivity index (χ3n) is 5.42. The number of pyridine rings is 1. The normalized spacial score (nSPS) is 23.2. The molecule has 0 bridgehead atoms. The van der Waals surface area contributed by atoms with Gasteiger partial charge in [-0.3, -0.25) is 14.4 Å². The van der Waals surface area contributed by atoms with Crippen molar-refractivity contribution in [3.05, 3.63) is 46.2 Å². The maximum Gasteiger partial charge on any atom is 0.263 e. The summed E-state index contributed by atoms with van der Waals surface area (Å²) in [5, 5.41) is 0.853. The molecule has 26 heavy (non-hydrogen) atoms. The minimum Gasteiger partial charge on any atom is -0.361 e. The van der Waals surface area contributed by atoms with Crippen molar-refractivity contribution >= 4 is 22.7 Å². The Balaban J connectivity index is 1.63. The Hall–Kier alpha value is -2.67. The van der Waals surface area contributed by atoms with Crippen LogP contribution in [0.4, 0.5) is 0 Å². The number of likely N-dealkylation sites (tertiary alicyclic amines) is 1. The lowest BCUT2D eigenvalue weighted by Gasteiger charge is -2.38. The number of para-hydroxylation sites is 1. The molecule has 7 heteroatoms. The predicted octanol–water partition coefficient (Wildman–Crippen LogP) is 0.612. The van der Waals surface area contributed by atoms with E-state index in [2.05, 4.69) is 0 Å². The van der Waals surface area contributed by atoms with Gasteiger partial charge in [-0.25, -0.2) is 0 Å². The largest absolute Gasteiger partial charge is 0.361 e. The van der Waals surface area contributed by atoms with E-state index in [4.69, 9.17) is 4.74 Å². The van der Waals surface area contributed by atoms with E-state index >= 15 is 0 Å². The third kappa shape index (κ3) is 2.59. The van der Waals surface area contributed by atoms with E-state index in [-0.39, 0.29) is 29.5 Å². The highest BCUT2D eigenvalue weighted by Crippen LogP contribution is 2.30. The number of carbonyl (C=O) groups excluding carboxylic acids is 2. The van der Waals surface area contributed by atoms with Crippen molar-refractivity contribution in [3.8, 4) is 0 Å². The van der Waals surface area contributed by atoms with Gasteiger partial charge in [-0.15, -0.1) is 0 Å². The monoisotopic (exact) mass is 355 g/mol. The lowest BCUT2D eigenvalue weighted by atomic mass is 10.0. The zero-order valence-corrected chi connectivity index (χ0v) is 14.9. The number of carbonyl (C=O) groups is 2. The van der Waals surface area contributed by atoms with E-state index in [1.54, 1.807) is 30.0 Å². The Morgan fingerprint density at radius 1 is 1.15 bits per heavy atom. The fourth-order valence-corrected chi connectivity index (χ4v) is 3.90. The molecule has 1 aromatic heterocycles. The van der Waals surface area contributed by atoms with Gasteiger partial charge in [0.25, 0.3) is 11.5 Å². The molecule has 1 spiro atoms. The first-order valence-electron chi connectivity index (χ1n) is 8.66. The van der Waals surface area contributed by atoms with E-state index in [1.165, 1.54) is 4.57 Å². The van der Waals surface area contributed by atoms with Crippen molar-refractivity contribution in [1.82, 2.24) is 14.4 Å². The third-order valence-corrected chi connectivity index (χ3v) is 5.42. The predicted molar refractivity (Wildman–Crippen MR) is 96.0 cm³/mol. The lowest BCUT2D eigenvalue weighted by molar-refractivity contribution is -0.158. The van der Waals surface area contributed by atoms with Gasteiger partial charge in [0.2, 0.25) is 5.91 Å². The Labute approximate surface area is 150 Å². The van der Waals surface area contributed by atoms with Crippen LogP contribution in [0.5, 0.6) is 0 Å². The van der Waals surface area contributed by atoms with Crippen molar-refractivity contribution < 1.29 is 14.3 Å². The lowest BCUT2D eigenvalue weighted by Crippen LogP contribution is -2.54. The second kappa shape index (κ2) is 5.95. The Bertz CT molecular complexity index is 967. The number of ether oxygens (including phenoxy) is 1. The zero-order chi connectivity index (χ0) is 18.5. The molecular weight excluding hydrogens is 334 g/mol. The fourth-order valence-electron chi connectivity index (χ4n) is 3.90. The molecule has 2 amide bonds. The number of aromatic nitrogens is 1. The number of rotatable bonds is 1. The first-order chi connectivity index (χ1) is 12.4. The van der Waals surface area contributed by atoms with Gasteiger partial charge >= 0.3 is 0 Å². The summed E-state index contributed by atoms with van der Waals surface area (Å²) in [6.07, 6.45) is 0.657. The van der Waals surface area contributed by atoms with E-state index in [1.807, 2.05) is 24.3 Å². The van der Waals surface area contributed by atoms with Crippen molar-refractivity contribution in [1.29, 1.82) is 0 Å². The smallest absolute Gasteiger partial charge is 0.263 e. The van der Waals surface area contributed by atoms with E-state index in [9.17, 15) is 14.4 Å². The summed E-state index contributed by atoms with van der Waals surface area (Å²) in [5.41, 5.74) is 0.137. The molecule has 2 aliphatic rings. The first-order valence-corrected chi connectivity index (χ1v) is 8.66. The van der Waals surface area contributed by atoms with Crippen LogP contribution in [0.25, 0.3) is 10.9 Å². The van der Waals surface area contributed by atoms with Crippen LogP contribution in [0.2, 0.25) is 0 Å². The summed E-state index contributed by atoms with van der Waals surface area (Å²) in [5.74, 6) is -0.333. The molecule has 0 radical (unpaired) electrons. The number of nitrogens with zero attached hydrogens (tertiary/aromatic N) is 3. The van der Waals surface area contributed by atoms with Crippen LogP contribution in [0.3, 0.4) is 0 Å². The van der Waals surface area contributed by atoms with Gasteiger partial charge < -0.3 is 19.1 Å². The maximum absolute atomic E-state index is 13.0. The molecule has 3 heterocycles. The molecule has 1 atom stereocenters. The molecular formula is C19H21N3O4. The van der Waals surface area contributed by atoms with Crippen LogP contribution in [-0.2, 0) is 16.6 Å². The molecule has 0 N–H and O–H groups in total. The molecule has 2 aromatic rings. The summed E-state index contributed by atoms with van der Waals surface area (Å²) in [7, 11) is 3.42. The summed E-state index contributed by atoms with van der Waals surface area (Å²) in [6.45, 7) is 1.40. The molecule has 0 saturated carbocycles. The average Bonchev–Trinajstić information content (AvgIpc) is 3.05. The average molecular weight is 355 g/mol. The molecule has 1 unspecified atom stereocenters. The zero-order valence-electron chi connectivity index (χ0n) is 14.9. The minimum absolute atomic E-state index is 0.0380. The molecule has 2 saturated heterocycles. The molecule has 136 valence electrons. The van der Waals surface area contributed by atoms with Gasteiger partial charge in [-0.05, 0) is 23.9 Å². The highest BCUT2D eigenvalue weighted by atomic mass is 16.5. The van der Waals surface area contributed by atoms with Gasteiger partial charge in [0, 0.05) is 20.6 Å². The minimum atomic E-state index is -0.527. The topological polar surface area (TPSA) is 71.8 Å². The maximum atomic E-state index is 13.0. The van der Waals surface area contributed by atoms with Crippen LogP contribution < -0.4 is 5.56 Å². The fraction of sp³-hybridized carbons (Fsp3) is 0.421. The van der Waals surface area contributed by atoms with E-state index in [0.29, 0.717) is 26.1 Å². The van der Waals surface area contributed by atoms with E-state index in [0.717, 1.165) is 10.9 Å². The standard InChI is InChI=1S/C19H21N3O4/c1-20-11-19(26-10-16(20)23)7-8-22(12-19)18(25)14-9-13-5-3-4-6-15(13)21(2)17(14)24/h3-6,9H,7-8,10-12H2,1-2H3. The summed E-state index contributed by atoms with van der Waals surface area (Å²) < 4.78 is 7.29. The number of likely N-dealkylation sites (N-methyl/N-ethyl adjacent to an activating group) is 1. The van der Waals surface area contributed by atoms with Crippen LogP contribution in [0, 0.1) is 0 Å². The van der Waals surface area contributed by atoms with Crippen molar-refractivity contribution in [2.75, 3.05) is 33.3 Å². The second-order valence-electron chi connectivity index (χ2n) is 7.18. The molecule has 1 aromatic carbocycles. The number of morpholine rings is 1. The van der Waals surface area contributed by atoms with Gasteiger partial charge in [0.15, 0.2) is 0 Å². The Morgan fingerprint density at radius 2 is 1.92 bits per heavy atom. The van der Waals surface area contributed by atoms with Crippen LogP contribution in [-0.4, -0.2) is 65.1 Å². The molecule has 7 nitrogen and oxygen atoms in total. The quantitative estimate of drug-likeness (QED) is 0.752. The van der Waals surface area contributed by atoms with Crippen molar-refractivity contribution in [2.24, 2.45) is 7.05 Å². The number of aryl methyl sites for hydroxylation is 1. The molecule has 2 aliphatic heterocycles. The first kappa shape index (κ1) is 16.8. The van der Waals surface area contributed by atoms with Crippen LogP contribution in [0.1, 0.15) is 16.8 Å².